The summed E-state index contributed by atoms with van der Waals surface area (Å²) in [6.45, 7) is 0.403. The van der Waals surface area contributed by atoms with Gasteiger partial charge in [-0.15, -0.1) is 0 Å². The van der Waals surface area contributed by atoms with E-state index in [0.29, 0.717) is 16.7 Å². The first-order valence-corrected chi connectivity index (χ1v) is 7.13. The van der Waals surface area contributed by atoms with Crippen LogP contribution in [0, 0.1) is 0 Å². The topological polar surface area (TPSA) is 27.1 Å². The van der Waals surface area contributed by atoms with E-state index in [9.17, 15) is 0 Å². The van der Waals surface area contributed by atoms with Gasteiger partial charge >= 0.3 is 0 Å². The molecule has 0 saturated carbocycles. The summed E-state index contributed by atoms with van der Waals surface area (Å²) in [6.07, 6.45) is 5.39. The molecule has 0 aliphatic rings. The zero-order valence-electron chi connectivity index (χ0n) is 11.0. The van der Waals surface area contributed by atoms with Crippen molar-refractivity contribution in [3.8, 4) is 11.4 Å². The highest BCUT2D eigenvalue weighted by Crippen LogP contribution is 2.23. The van der Waals surface area contributed by atoms with Crippen LogP contribution in [0.25, 0.3) is 5.69 Å². The van der Waals surface area contributed by atoms with Gasteiger partial charge in [-0.3, -0.25) is 0 Å². The van der Waals surface area contributed by atoms with Gasteiger partial charge in [0.15, 0.2) is 0 Å². The number of ether oxygens (including phenoxy) is 1. The molecule has 0 atom stereocenters. The third-order valence-corrected chi connectivity index (χ3v) is 3.64. The molecule has 5 heteroatoms. The van der Waals surface area contributed by atoms with E-state index in [1.165, 1.54) is 0 Å². The SMILES string of the molecule is Clc1ccc(COc2ccc(-n3ccnc3)cc2)c(Cl)c1. The average Bonchev–Trinajstić information content (AvgIpc) is 3.01. The lowest BCUT2D eigenvalue weighted by molar-refractivity contribution is 0.306. The van der Waals surface area contributed by atoms with Crippen molar-refractivity contribution < 1.29 is 4.74 Å². The predicted molar refractivity (Wildman–Crippen MR) is 84.4 cm³/mol. The minimum atomic E-state index is 0.403. The van der Waals surface area contributed by atoms with Gasteiger partial charge in [0.25, 0.3) is 0 Å². The normalized spacial score (nSPS) is 10.6. The van der Waals surface area contributed by atoms with Crippen molar-refractivity contribution in [2.45, 2.75) is 6.61 Å². The van der Waals surface area contributed by atoms with Crippen LogP contribution in [-0.2, 0) is 6.61 Å². The Labute approximate surface area is 132 Å². The first kappa shape index (κ1) is 14.0. The van der Waals surface area contributed by atoms with Crippen LogP contribution in [0.4, 0.5) is 0 Å². The Morgan fingerprint density at radius 1 is 1.05 bits per heavy atom. The molecule has 2 aromatic carbocycles. The van der Waals surface area contributed by atoms with Gasteiger partial charge in [0.1, 0.15) is 12.4 Å². The third-order valence-electron chi connectivity index (χ3n) is 3.05. The molecule has 0 saturated heterocycles. The lowest BCUT2D eigenvalue weighted by Crippen LogP contribution is -1.97. The van der Waals surface area contributed by atoms with Crippen LogP contribution in [0.5, 0.6) is 5.75 Å². The van der Waals surface area contributed by atoms with E-state index in [1.54, 1.807) is 24.7 Å². The lowest BCUT2D eigenvalue weighted by Gasteiger charge is -2.09. The molecule has 0 fully saturated rings. The predicted octanol–water partition coefficient (Wildman–Crippen LogP) is 4.76. The molecular weight excluding hydrogens is 307 g/mol. The van der Waals surface area contributed by atoms with Crippen molar-refractivity contribution >= 4 is 23.2 Å². The molecule has 0 unspecified atom stereocenters. The maximum Gasteiger partial charge on any atom is 0.119 e. The van der Waals surface area contributed by atoms with Crippen LogP contribution < -0.4 is 4.74 Å². The van der Waals surface area contributed by atoms with Crippen molar-refractivity contribution in [1.29, 1.82) is 0 Å². The van der Waals surface area contributed by atoms with Crippen molar-refractivity contribution in [3.63, 3.8) is 0 Å². The third kappa shape index (κ3) is 3.38. The molecule has 0 aliphatic heterocycles. The summed E-state index contributed by atoms with van der Waals surface area (Å²) >= 11 is 12.0. The molecule has 0 N–H and O–H groups in total. The first-order valence-electron chi connectivity index (χ1n) is 6.37. The van der Waals surface area contributed by atoms with Crippen LogP contribution in [0.2, 0.25) is 10.0 Å². The lowest BCUT2D eigenvalue weighted by atomic mass is 10.2. The number of benzene rings is 2. The van der Waals surface area contributed by atoms with E-state index in [2.05, 4.69) is 4.98 Å². The van der Waals surface area contributed by atoms with Gasteiger partial charge in [0.2, 0.25) is 0 Å². The van der Waals surface area contributed by atoms with Gasteiger partial charge in [-0.1, -0.05) is 29.3 Å². The van der Waals surface area contributed by atoms with E-state index in [1.807, 2.05) is 41.1 Å². The van der Waals surface area contributed by atoms with Crippen molar-refractivity contribution in [1.82, 2.24) is 9.55 Å². The molecule has 3 aromatic rings. The maximum atomic E-state index is 6.11. The van der Waals surface area contributed by atoms with Gasteiger partial charge in [0.05, 0.1) is 6.33 Å². The smallest absolute Gasteiger partial charge is 0.119 e. The molecule has 3 nitrogen and oxygen atoms in total. The molecule has 0 radical (unpaired) electrons. The van der Waals surface area contributed by atoms with Gasteiger partial charge in [-0.2, -0.15) is 0 Å². The standard InChI is InChI=1S/C16H12Cl2N2O/c17-13-2-1-12(16(18)9-13)10-21-15-5-3-14(4-6-15)20-8-7-19-11-20/h1-9,11H,10H2. The minimum Gasteiger partial charge on any atom is -0.489 e. The summed E-state index contributed by atoms with van der Waals surface area (Å²) in [7, 11) is 0. The quantitative estimate of drug-likeness (QED) is 0.693. The largest absolute Gasteiger partial charge is 0.489 e. The highest BCUT2D eigenvalue weighted by atomic mass is 35.5. The van der Waals surface area contributed by atoms with Crippen LogP contribution in [0.3, 0.4) is 0 Å². The maximum absolute atomic E-state index is 6.11. The zero-order valence-corrected chi connectivity index (χ0v) is 12.6. The fraction of sp³-hybridized carbons (Fsp3) is 0.0625. The van der Waals surface area contributed by atoms with Crippen molar-refractivity contribution in [2.75, 3.05) is 0 Å². The monoisotopic (exact) mass is 318 g/mol. The van der Waals surface area contributed by atoms with Gasteiger partial charge in [0, 0.05) is 33.7 Å². The fourth-order valence-electron chi connectivity index (χ4n) is 1.93. The number of halogens is 2. The van der Waals surface area contributed by atoms with E-state index >= 15 is 0 Å². The molecule has 0 aliphatic carbocycles. The number of aromatic nitrogens is 2. The number of rotatable bonds is 4. The van der Waals surface area contributed by atoms with Crippen molar-refractivity contribution in [2.24, 2.45) is 0 Å². The summed E-state index contributed by atoms with van der Waals surface area (Å²) < 4.78 is 7.66. The summed E-state index contributed by atoms with van der Waals surface area (Å²) in [5.41, 5.74) is 1.93. The molecule has 1 heterocycles. The van der Waals surface area contributed by atoms with Crippen LogP contribution in [-0.4, -0.2) is 9.55 Å². The molecule has 0 bridgehead atoms. The number of nitrogens with zero attached hydrogens (tertiary/aromatic N) is 2. The number of hydrogen-bond acceptors (Lipinski definition) is 2. The number of imidazole rings is 1. The molecule has 0 spiro atoms. The first-order chi connectivity index (χ1) is 10.2. The van der Waals surface area contributed by atoms with E-state index in [4.69, 9.17) is 27.9 Å². The zero-order chi connectivity index (χ0) is 14.7. The Balaban J connectivity index is 1.68. The summed E-state index contributed by atoms with van der Waals surface area (Å²) in [5.74, 6) is 0.782. The Morgan fingerprint density at radius 3 is 2.52 bits per heavy atom. The minimum absolute atomic E-state index is 0.403. The Hall–Kier alpha value is -1.97. The highest BCUT2D eigenvalue weighted by molar-refractivity contribution is 6.35. The van der Waals surface area contributed by atoms with Crippen LogP contribution in [0.1, 0.15) is 5.56 Å². The van der Waals surface area contributed by atoms with E-state index < -0.39 is 0 Å². The molecule has 1 aromatic heterocycles. The molecular formula is C16H12Cl2N2O. The summed E-state index contributed by atoms with van der Waals surface area (Å²) in [6, 6.07) is 13.2. The molecule has 21 heavy (non-hydrogen) atoms. The molecule has 0 amide bonds. The van der Waals surface area contributed by atoms with Crippen LogP contribution >= 0.6 is 23.2 Å². The Bertz CT molecular complexity index is 725. The molecule has 3 rings (SSSR count). The second-order valence-corrected chi connectivity index (χ2v) is 5.33. The summed E-state index contributed by atoms with van der Waals surface area (Å²) in [5, 5.41) is 1.23. The average molecular weight is 319 g/mol. The summed E-state index contributed by atoms with van der Waals surface area (Å²) in [4.78, 5) is 4.02. The number of hydrogen-bond donors (Lipinski definition) is 0. The van der Waals surface area contributed by atoms with Crippen molar-refractivity contribution in [3.05, 3.63) is 76.8 Å². The van der Waals surface area contributed by atoms with Gasteiger partial charge in [-0.25, -0.2) is 4.98 Å². The second-order valence-electron chi connectivity index (χ2n) is 4.49. The Kier molecular flexibility index (Phi) is 4.13. The molecule has 106 valence electrons. The van der Waals surface area contributed by atoms with Gasteiger partial charge in [-0.05, 0) is 36.4 Å². The van der Waals surface area contributed by atoms with E-state index in [0.717, 1.165) is 17.0 Å². The highest BCUT2D eigenvalue weighted by Gasteiger charge is 2.03. The fourth-order valence-corrected chi connectivity index (χ4v) is 2.39. The van der Waals surface area contributed by atoms with Gasteiger partial charge < -0.3 is 9.30 Å². The van der Waals surface area contributed by atoms with E-state index in [-0.39, 0.29) is 0 Å². The van der Waals surface area contributed by atoms with Crippen LogP contribution in [0.15, 0.2) is 61.2 Å². The second kappa shape index (κ2) is 6.20. The Morgan fingerprint density at radius 2 is 1.86 bits per heavy atom.